The Morgan fingerprint density at radius 1 is 1.05 bits per heavy atom. The third-order valence-corrected chi connectivity index (χ3v) is 7.37. The molecule has 0 radical (unpaired) electrons. The lowest BCUT2D eigenvalue weighted by Crippen LogP contribution is -2.41. The number of rotatable bonds is 5. The molecule has 5 aromatic rings. The Morgan fingerprint density at radius 2 is 1.84 bits per heavy atom. The SMILES string of the molecule is COc1ccc(C(=O)NNC(=O)c2cc3nc(-c4cccc5[nH]ncc45)nc(N4CCOCC4)c3s2)cc1. The minimum atomic E-state index is -0.443. The van der Waals surface area contributed by atoms with Gasteiger partial charge in [-0.1, -0.05) is 12.1 Å². The van der Waals surface area contributed by atoms with Crippen LogP contribution in [0.25, 0.3) is 32.5 Å². The lowest BCUT2D eigenvalue weighted by atomic mass is 10.1. The molecule has 1 aliphatic heterocycles. The highest BCUT2D eigenvalue weighted by atomic mass is 32.1. The summed E-state index contributed by atoms with van der Waals surface area (Å²) in [5, 5.41) is 8.05. The number of carbonyl (C=O) groups is 2. The summed E-state index contributed by atoms with van der Waals surface area (Å²) in [5.41, 5.74) is 7.73. The molecule has 0 unspecified atom stereocenters. The summed E-state index contributed by atoms with van der Waals surface area (Å²) < 4.78 is 11.4. The summed E-state index contributed by atoms with van der Waals surface area (Å²) in [6.07, 6.45) is 1.75. The van der Waals surface area contributed by atoms with Crippen molar-refractivity contribution in [3.8, 4) is 17.1 Å². The zero-order valence-corrected chi connectivity index (χ0v) is 21.2. The Labute approximate surface area is 220 Å². The minimum absolute atomic E-state index is 0.390. The topological polar surface area (TPSA) is 134 Å². The highest BCUT2D eigenvalue weighted by Gasteiger charge is 2.23. The fourth-order valence-corrected chi connectivity index (χ4v) is 5.30. The maximum Gasteiger partial charge on any atom is 0.279 e. The number of benzene rings is 2. The molecule has 11 nitrogen and oxygen atoms in total. The number of thiophene rings is 1. The van der Waals surface area contributed by atoms with Gasteiger partial charge in [-0.05, 0) is 36.4 Å². The number of ether oxygens (including phenoxy) is 2. The molecule has 1 aliphatic rings. The molecule has 2 amide bonds. The average molecular weight is 530 g/mol. The number of H-pyrrole nitrogens is 1. The van der Waals surface area contributed by atoms with E-state index in [1.54, 1.807) is 43.6 Å². The van der Waals surface area contributed by atoms with E-state index in [9.17, 15) is 9.59 Å². The number of amides is 2. The standard InChI is InChI=1S/C26H23N7O4S/c1-36-16-7-5-15(6-8-16)25(34)31-32-26(35)21-13-20-22(38-21)24(33-9-11-37-12-10-33)29-23(28-20)17-3-2-4-19-18(17)14-27-30-19/h2-8,13-14H,9-12H2,1H3,(H,27,30)(H,31,34)(H,32,35). The van der Waals surface area contributed by atoms with Crippen LogP contribution in [0, 0.1) is 0 Å². The van der Waals surface area contributed by atoms with Gasteiger partial charge in [0.2, 0.25) is 0 Å². The average Bonchev–Trinajstić information content (AvgIpc) is 3.63. The number of nitrogens with one attached hydrogen (secondary N) is 3. The number of aromatic nitrogens is 4. The third kappa shape index (κ3) is 4.51. The van der Waals surface area contributed by atoms with Crippen molar-refractivity contribution in [2.45, 2.75) is 0 Å². The van der Waals surface area contributed by atoms with Crippen molar-refractivity contribution < 1.29 is 19.1 Å². The van der Waals surface area contributed by atoms with Gasteiger partial charge < -0.3 is 14.4 Å². The molecule has 2 aromatic carbocycles. The van der Waals surface area contributed by atoms with Crippen LogP contribution in [-0.4, -0.2) is 65.4 Å². The summed E-state index contributed by atoms with van der Waals surface area (Å²) in [5.74, 6) is 1.05. The zero-order valence-electron chi connectivity index (χ0n) is 20.4. The summed E-state index contributed by atoms with van der Waals surface area (Å²) in [6.45, 7) is 2.54. The molecule has 0 aliphatic carbocycles. The number of nitrogens with zero attached hydrogens (tertiary/aromatic N) is 4. The molecule has 4 heterocycles. The van der Waals surface area contributed by atoms with Gasteiger partial charge in [-0.15, -0.1) is 11.3 Å². The minimum Gasteiger partial charge on any atom is -0.497 e. The molecule has 0 saturated carbocycles. The lowest BCUT2D eigenvalue weighted by Gasteiger charge is -2.28. The normalized spacial score (nSPS) is 13.6. The van der Waals surface area contributed by atoms with E-state index in [2.05, 4.69) is 25.9 Å². The molecule has 38 heavy (non-hydrogen) atoms. The van der Waals surface area contributed by atoms with E-state index in [0.717, 1.165) is 27.0 Å². The van der Waals surface area contributed by atoms with E-state index in [-0.39, 0.29) is 0 Å². The number of carbonyl (C=O) groups excluding carboxylic acids is 2. The fraction of sp³-hybridized carbons (Fsp3) is 0.192. The van der Waals surface area contributed by atoms with Crippen LogP contribution in [0.1, 0.15) is 20.0 Å². The van der Waals surface area contributed by atoms with Crippen LogP contribution in [0.15, 0.2) is 54.7 Å². The molecule has 3 aromatic heterocycles. The molecular weight excluding hydrogens is 506 g/mol. The number of morpholine rings is 1. The quantitative estimate of drug-likeness (QED) is 0.296. The van der Waals surface area contributed by atoms with Gasteiger partial charge in [0.05, 0.1) is 47.1 Å². The Balaban J connectivity index is 1.32. The lowest BCUT2D eigenvalue weighted by molar-refractivity contribution is 0.0849. The third-order valence-electron chi connectivity index (χ3n) is 6.26. The van der Waals surface area contributed by atoms with Crippen LogP contribution in [0.3, 0.4) is 0 Å². The molecule has 3 N–H and O–H groups in total. The van der Waals surface area contributed by atoms with Crippen LogP contribution >= 0.6 is 11.3 Å². The summed E-state index contributed by atoms with van der Waals surface area (Å²) in [7, 11) is 1.55. The number of methoxy groups -OCH3 is 1. The van der Waals surface area contributed by atoms with E-state index in [0.29, 0.717) is 53.8 Å². The van der Waals surface area contributed by atoms with E-state index in [1.165, 1.54) is 11.3 Å². The monoisotopic (exact) mass is 529 g/mol. The first kappa shape index (κ1) is 23.8. The van der Waals surface area contributed by atoms with Gasteiger partial charge in [0.1, 0.15) is 5.75 Å². The van der Waals surface area contributed by atoms with Crippen LogP contribution < -0.4 is 20.5 Å². The number of aromatic amines is 1. The van der Waals surface area contributed by atoms with Crippen LogP contribution in [0.2, 0.25) is 0 Å². The Morgan fingerprint density at radius 3 is 2.63 bits per heavy atom. The van der Waals surface area contributed by atoms with Crippen LogP contribution in [-0.2, 0) is 4.74 Å². The number of anilines is 1. The summed E-state index contributed by atoms with van der Waals surface area (Å²) in [6, 6.07) is 14.1. The van der Waals surface area contributed by atoms with E-state index < -0.39 is 11.8 Å². The number of hydrogen-bond acceptors (Lipinski definition) is 9. The Bertz CT molecular complexity index is 1640. The van der Waals surface area contributed by atoms with Gasteiger partial charge in [-0.3, -0.25) is 25.5 Å². The Hall–Kier alpha value is -4.55. The van der Waals surface area contributed by atoms with E-state index >= 15 is 0 Å². The van der Waals surface area contributed by atoms with Crippen molar-refractivity contribution in [1.82, 2.24) is 31.0 Å². The predicted octanol–water partition coefficient (Wildman–Crippen LogP) is 3.15. The van der Waals surface area contributed by atoms with Gasteiger partial charge in [0.15, 0.2) is 11.6 Å². The molecule has 1 saturated heterocycles. The van der Waals surface area contributed by atoms with Gasteiger partial charge in [0.25, 0.3) is 11.8 Å². The van der Waals surface area contributed by atoms with Gasteiger partial charge in [-0.25, -0.2) is 9.97 Å². The molecule has 12 heteroatoms. The second-order valence-corrected chi connectivity index (χ2v) is 9.62. The van der Waals surface area contributed by atoms with Crippen LogP contribution in [0.4, 0.5) is 5.82 Å². The first-order valence-corrected chi connectivity index (χ1v) is 12.7. The fourth-order valence-electron chi connectivity index (χ4n) is 4.29. The van der Waals surface area contributed by atoms with Gasteiger partial charge in [0, 0.05) is 29.6 Å². The van der Waals surface area contributed by atoms with E-state index in [1.807, 2.05) is 18.2 Å². The number of hydrazine groups is 1. The summed E-state index contributed by atoms with van der Waals surface area (Å²) in [4.78, 5) is 37.8. The molecule has 0 atom stereocenters. The number of fused-ring (bicyclic) bond motifs is 2. The molecule has 0 bridgehead atoms. The summed E-state index contributed by atoms with van der Waals surface area (Å²) >= 11 is 1.28. The highest BCUT2D eigenvalue weighted by molar-refractivity contribution is 7.21. The maximum absolute atomic E-state index is 13.0. The second kappa shape index (κ2) is 10.1. The first-order chi connectivity index (χ1) is 18.6. The number of hydrogen-bond donors (Lipinski definition) is 3. The van der Waals surface area contributed by atoms with Gasteiger partial charge >= 0.3 is 0 Å². The van der Waals surface area contributed by atoms with Crippen molar-refractivity contribution in [1.29, 1.82) is 0 Å². The Kier molecular flexibility index (Phi) is 6.32. The van der Waals surface area contributed by atoms with Crippen molar-refractivity contribution >= 4 is 50.1 Å². The van der Waals surface area contributed by atoms with Crippen molar-refractivity contribution in [3.63, 3.8) is 0 Å². The van der Waals surface area contributed by atoms with E-state index in [4.69, 9.17) is 19.4 Å². The molecule has 192 valence electrons. The molecular formula is C26H23N7O4S. The second-order valence-electron chi connectivity index (χ2n) is 8.57. The highest BCUT2D eigenvalue weighted by Crippen LogP contribution is 2.35. The molecule has 6 rings (SSSR count). The maximum atomic E-state index is 13.0. The van der Waals surface area contributed by atoms with Crippen LogP contribution in [0.5, 0.6) is 5.75 Å². The van der Waals surface area contributed by atoms with Crippen molar-refractivity contribution in [2.24, 2.45) is 0 Å². The van der Waals surface area contributed by atoms with Crippen molar-refractivity contribution in [3.05, 3.63) is 65.2 Å². The molecule has 1 fully saturated rings. The first-order valence-electron chi connectivity index (χ1n) is 11.9. The smallest absolute Gasteiger partial charge is 0.279 e. The van der Waals surface area contributed by atoms with Gasteiger partial charge in [-0.2, -0.15) is 5.10 Å². The molecule has 0 spiro atoms. The predicted molar refractivity (Wildman–Crippen MR) is 143 cm³/mol. The zero-order chi connectivity index (χ0) is 26.1. The van der Waals surface area contributed by atoms with Crippen molar-refractivity contribution in [2.75, 3.05) is 38.3 Å². The largest absolute Gasteiger partial charge is 0.497 e.